The van der Waals surface area contributed by atoms with Crippen molar-refractivity contribution in [1.82, 2.24) is 5.32 Å². The van der Waals surface area contributed by atoms with E-state index in [4.69, 9.17) is 5.73 Å². The van der Waals surface area contributed by atoms with Gasteiger partial charge in [-0.1, -0.05) is 25.5 Å². The minimum Gasteiger partial charge on any atom is -0.369 e. The van der Waals surface area contributed by atoms with Crippen LogP contribution >= 0.6 is 0 Å². The van der Waals surface area contributed by atoms with E-state index in [0.29, 0.717) is 11.6 Å². The first-order valence-electron chi connectivity index (χ1n) is 7.59. The average molecular weight is 275 g/mol. The summed E-state index contributed by atoms with van der Waals surface area (Å²) in [5, 5.41) is 3.57. The van der Waals surface area contributed by atoms with Gasteiger partial charge in [0.2, 0.25) is 0 Å². The monoisotopic (exact) mass is 275 g/mol. The molecule has 2 rings (SSSR count). The number of nitrogens with two attached hydrogens (primary N) is 1. The number of hydrogen-bond donors (Lipinski definition) is 2. The number of hydrogen-bond acceptors (Lipinski definition) is 3. The van der Waals surface area contributed by atoms with E-state index in [-0.39, 0.29) is 5.91 Å². The fourth-order valence-electron chi connectivity index (χ4n) is 2.88. The minimum absolute atomic E-state index is 0.349. The largest absolute Gasteiger partial charge is 0.369 e. The molecule has 4 nitrogen and oxygen atoms in total. The van der Waals surface area contributed by atoms with E-state index in [0.717, 1.165) is 31.7 Å². The van der Waals surface area contributed by atoms with Crippen molar-refractivity contribution in [2.45, 2.75) is 38.6 Å². The lowest BCUT2D eigenvalue weighted by atomic mass is 10.0. The summed E-state index contributed by atoms with van der Waals surface area (Å²) in [7, 11) is 0. The second-order valence-electron chi connectivity index (χ2n) is 5.47. The van der Waals surface area contributed by atoms with Gasteiger partial charge in [-0.05, 0) is 37.9 Å². The van der Waals surface area contributed by atoms with E-state index in [9.17, 15) is 4.79 Å². The highest BCUT2D eigenvalue weighted by molar-refractivity contribution is 5.98. The van der Waals surface area contributed by atoms with E-state index in [1.165, 1.54) is 19.3 Å². The van der Waals surface area contributed by atoms with Gasteiger partial charge in [-0.2, -0.15) is 0 Å². The van der Waals surface area contributed by atoms with Crippen LogP contribution in [0.5, 0.6) is 0 Å². The number of anilines is 1. The van der Waals surface area contributed by atoms with Crippen LogP contribution in [0.15, 0.2) is 24.3 Å². The fraction of sp³-hybridized carbons (Fsp3) is 0.562. The molecule has 0 spiro atoms. The molecule has 1 amide bonds. The number of nitrogens with one attached hydrogen (secondary N) is 1. The summed E-state index contributed by atoms with van der Waals surface area (Å²) < 4.78 is 0. The first-order valence-corrected chi connectivity index (χ1v) is 7.59. The number of rotatable bonds is 6. The highest BCUT2D eigenvalue weighted by atomic mass is 16.1. The second-order valence-corrected chi connectivity index (χ2v) is 5.47. The normalized spacial score (nSPS) is 18.8. The number of piperidine rings is 1. The van der Waals surface area contributed by atoms with Crippen LogP contribution in [0.1, 0.15) is 43.0 Å². The van der Waals surface area contributed by atoms with Crippen LogP contribution in [0.25, 0.3) is 0 Å². The molecular formula is C16H25N3O. The molecule has 3 N–H and O–H groups in total. The van der Waals surface area contributed by atoms with E-state index >= 15 is 0 Å². The molecule has 1 atom stereocenters. The van der Waals surface area contributed by atoms with Gasteiger partial charge in [-0.3, -0.25) is 4.79 Å². The summed E-state index contributed by atoms with van der Waals surface area (Å²) in [5.41, 5.74) is 7.09. The van der Waals surface area contributed by atoms with Crippen LogP contribution in [0.4, 0.5) is 5.69 Å². The average Bonchev–Trinajstić information content (AvgIpc) is 2.48. The maximum atomic E-state index is 11.6. The summed E-state index contributed by atoms with van der Waals surface area (Å²) in [5.74, 6) is -0.349. The molecule has 1 heterocycles. The van der Waals surface area contributed by atoms with Gasteiger partial charge in [-0.25, -0.2) is 0 Å². The predicted octanol–water partition coefficient (Wildman–Crippen LogP) is 2.14. The zero-order valence-electron chi connectivity index (χ0n) is 12.3. The maximum Gasteiger partial charge on any atom is 0.250 e. The molecule has 1 aromatic carbocycles. The smallest absolute Gasteiger partial charge is 0.250 e. The van der Waals surface area contributed by atoms with Crippen molar-refractivity contribution in [2.24, 2.45) is 5.73 Å². The summed E-state index contributed by atoms with van der Waals surface area (Å²) >= 11 is 0. The third-order valence-electron chi connectivity index (χ3n) is 3.86. The number of primary amides is 1. The van der Waals surface area contributed by atoms with Crippen LogP contribution in [0.2, 0.25) is 0 Å². The van der Waals surface area contributed by atoms with Gasteiger partial charge in [0.15, 0.2) is 0 Å². The first-order chi connectivity index (χ1) is 9.72. The second kappa shape index (κ2) is 7.29. The van der Waals surface area contributed by atoms with Gasteiger partial charge in [-0.15, -0.1) is 0 Å². The lowest BCUT2D eigenvalue weighted by Crippen LogP contribution is -2.44. The molecule has 4 heteroatoms. The number of para-hydroxylation sites is 1. The fourth-order valence-corrected chi connectivity index (χ4v) is 2.88. The molecular weight excluding hydrogens is 250 g/mol. The molecule has 1 fully saturated rings. The third-order valence-corrected chi connectivity index (χ3v) is 3.86. The standard InChI is InChI=1S/C16H25N3O/c1-2-11-19(12-13-7-5-6-10-18-13)15-9-4-3-8-14(15)16(17)20/h3-4,8-9,13,18H,2,5-7,10-12H2,1H3,(H2,17,20). The Morgan fingerprint density at radius 2 is 2.20 bits per heavy atom. The van der Waals surface area contributed by atoms with E-state index in [1.54, 1.807) is 0 Å². The molecule has 0 radical (unpaired) electrons. The van der Waals surface area contributed by atoms with Gasteiger partial charge in [0.05, 0.1) is 5.56 Å². The molecule has 1 aliphatic heterocycles. The van der Waals surface area contributed by atoms with Crippen LogP contribution in [0.3, 0.4) is 0 Å². The molecule has 0 saturated carbocycles. The van der Waals surface area contributed by atoms with Gasteiger partial charge >= 0.3 is 0 Å². The van der Waals surface area contributed by atoms with Crippen LogP contribution < -0.4 is 16.0 Å². The molecule has 0 bridgehead atoms. The molecule has 110 valence electrons. The van der Waals surface area contributed by atoms with Crippen LogP contribution in [-0.4, -0.2) is 31.6 Å². The molecule has 1 aromatic rings. The van der Waals surface area contributed by atoms with E-state index in [2.05, 4.69) is 17.1 Å². The number of amides is 1. The van der Waals surface area contributed by atoms with E-state index < -0.39 is 0 Å². The van der Waals surface area contributed by atoms with Crippen molar-refractivity contribution in [1.29, 1.82) is 0 Å². The number of benzene rings is 1. The molecule has 0 aromatic heterocycles. The lowest BCUT2D eigenvalue weighted by Gasteiger charge is -2.32. The molecule has 1 saturated heterocycles. The summed E-state index contributed by atoms with van der Waals surface area (Å²) in [6.07, 6.45) is 4.82. The lowest BCUT2D eigenvalue weighted by molar-refractivity contribution is 0.100. The molecule has 1 aliphatic rings. The van der Waals surface area contributed by atoms with Crippen molar-refractivity contribution in [3.63, 3.8) is 0 Å². The van der Waals surface area contributed by atoms with Crippen molar-refractivity contribution >= 4 is 11.6 Å². The topological polar surface area (TPSA) is 58.4 Å². The first kappa shape index (κ1) is 14.9. The molecule has 1 unspecified atom stereocenters. The van der Waals surface area contributed by atoms with Crippen molar-refractivity contribution < 1.29 is 4.79 Å². The Kier molecular flexibility index (Phi) is 5.41. The van der Waals surface area contributed by atoms with Gasteiger partial charge in [0.25, 0.3) is 5.91 Å². The van der Waals surface area contributed by atoms with Gasteiger partial charge in [0.1, 0.15) is 0 Å². The van der Waals surface area contributed by atoms with Crippen LogP contribution in [0, 0.1) is 0 Å². The third kappa shape index (κ3) is 3.73. The summed E-state index contributed by atoms with van der Waals surface area (Å²) in [6, 6.07) is 8.16. The van der Waals surface area contributed by atoms with Crippen molar-refractivity contribution in [3.8, 4) is 0 Å². The van der Waals surface area contributed by atoms with E-state index in [1.807, 2.05) is 24.3 Å². The molecule has 0 aliphatic carbocycles. The molecule has 20 heavy (non-hydrogen) atoms. The Hall–Kier alpha value is -1.55. The Bertz CT molecular complexity index is 441. The number of nitrogens with zero attached hydrogens (tertiary/aromatic N) is 1. The highest BCUT2D eigenvalue weighted by Gasteiger charge is 2.19. The van der Waals surface area contributed by atoms with Gasteiger partial charge in [0, 0.05) is 24.8 Å². The van der Waals surface area contributed by atoms with Crippen LogP contribution in [-0.2, 0) is 0 Å². The Balaban J connectivity index is 2.16. The summed E-state index contributed by atoms with van der Waals surface area (Å²) in [6.45, 7) is 5.15. The number of carbonyl (C=O) groups excluding carboxylic acids is 1. The Labute approximate surface area is 121 Å². The Morgan fingerprint density at radius 3 is 2.85 bits per heavy atom. The van der Waals surface area contributed by atoms with Crippen molar-refractivity contribution in [2.75, 3.05) is 24.5 Å². The zero-order chi connectivity index (χ0) is 14.4. The quantitative estimate of drug-likeness (QED) is 0.836. The van der Waals surface area contributed by atoms with Crippen molar-refractivity contribution in [3.05, 3.63) is 29.8 Å². The van der Waals surface area contributed by atoms with Gasteiger partial charge < -0.3 is 16.0 Å². The Morgan fingerprint density at radius 1 is 1.40 bits per heavy atom. The zero-order valence-corrected chi connectivity index (χ0v) is 12.3. The maximum absolute atomic E-state index is 11.6. The minimum atomic E-state index is -0.349. The predicted molar refractivity (Wildman–Crippen MR) is 83.1 cm³/mol. The highest BCUT2D eigenvalue weighted by Crippen LogP contribution is 2.22. The summed E-state index contributed by atoms with van der Waals surface area (Å²) in [4.78, 5) is 13.9. The SMILES string of the molecule is CCCN(CC1CCCCN1)c1ccccc1C(N)=O. The number of carbonyl (C=O) groups is 1.